The Hall–Kier alpha value is -2.71. The standard InChI is InChI=1S/C22H26F3N6OP/c1-12(32)29-17-7-6-14-15(10-27-19(14)20(17)33(2)3)18-16(22(23,24)25)11-28-21(31-18)30-13-5-4-8-26-9-13/h6-7,10-11,13,26-27H,4-5,8-9H2,1-3H3,(H,29,32)(H,28,30,31). The lowest BCUT2D eigenvalue weighted by Crippen LogP contribution is -2.38. The number of carbonyl (C=O) groups excluding carboxylic acids is 1. The van der Waals surface area contributed by atoms with Crippen molar-refractivity contribution in [1.29, 1.82) is 0 Å². The van der Waals surface area contributed by atoms with Crippen LogP contribution in [0.15, 0.2) is 24.5 Å². The van der Waals surface area contributed by atoms with Crippen LogP contribution in [0.3, 0.4) is 0 Å². The third-order valence-electron chi connectivity index (χ3n) is 5.57. The molecule has 1 atom stereocenters. The van der Waals surface area contributed by atoms with Crippen molar-refractivity contribution in [3.63, 3.8) is 0 Å². The zero-order valence-electron chi connectivity index (χ0n) is 18.6. The van der Waals surface area contributed by atoms with Gasteiger partial charge in [0.05, 0.1) is 16.9 Å². The summed E-state index contributed by atoms with van der Waals surface area (Å²) in [5.74, 6) is -0.0355. The third-order valence-corrected chi connectivity index (χ3v) is 6.93. The molecular formula is C22H26F3N6OP. The zero-order valence-corrected chi connectivity index (χ0v) is 19.5. The normalized spacial score (nSPS) is 16.9. The number of rotatable bonds is 5. The third kappa shape index (κ3) is 4.96. The van der Waals surface area contributed by atoms with Crippen molar-refractivity contribution >= 4 is 41.7 Å². The second kappa shape index (κ2) is 9.27. The fourth-order valence-corrected chi connectivity index (χ4v) is 5.40. The van der Waals surface area contributed by atoms with Crippen molar-refractivity contribution in [1.82, 2.24) is 20.3 Å². The number of hydrogen-bond donors (Lipinski definition) is 4. The fourth-order valence-electron chi connectivity index (χ4n) is 4.16. The van der Waals surface area contributed by atoms with E-state index in [2.05, 4.69) is 30.9 Å². The van der Waals surface area contributed by atoms with Crippen LogP contribution in [-0.2, 0) is 11.0 Å². The van der Waals surface area contributed by atoms with Gasteiger partial charge in [0, 0.05) is 48.2 Å². The van der Waals surface area contributed by atoms with Gasteiger partial charge in [0.25, 0.3) is 0 Å². The molecule has 1 aliphatic heterocycles. The van der Waals surface area contributed by atoms with Gasteiger partial charge in [0.2, 0.25) is 11.9 Å². The molecule has 3 aromatic rings. The fraction of sp³-hybridized carbons (Fsp3) is 0.409. The number of nitrogens with zero attached hydrogens (tertiary/aromatic N) is 2. The van der Waals surface area contributed by atoms with Crippen LogP contribution in [0.5, 0.6) is 0 Å². The predicted octanol–water partition coefficient (Wildman–Crippen LogP) is 4.13. The molecule has 7 nitrogen and oxygen atoms in total. The summed E-state index contributed by atoms with van der Waals surface area (Å²) in [7, 11) is -0.671. The Balaban J connectivity index is 1.84. The minimum absolute atomic E-state index is 0.0573. The number of aromatic amines is 1. The largest absolute Gasteiger partial charge is 0.419 e. The molecular weight excluding hydrogens is 452 g/mol. The van der Waals surface area contributed by atoms with Crippen LogP contribution in [0.1, 0.15) is 25.3 Å². The molecule has 1 aliphatic rings. The SMILES string of the molecule is CC(=O)Nc1ccc2c(-c3nc(NC4CCCNC4)ncc3C(F)(F)F)c[nH]c2c1P(C)C. The number of H-pyrrole nitrogens is 1. The van der Waals surface area contributed by atoms with Gasteiger partial charge in [-0.05, 0) is 38.8 Å². The molecule has 4 rings (SSSR count). The molecule has 2 aromatic heterocycles. The van der Waals surface area contributed by atoms with Crippen molar-refractivity contribution in [3.05, 3.63) is 30.1 Å². The highest BCUT2D eigenvalue weighted by molar-refractivity contribution is 7.65. The van der Waals surface area contributed by atoms with Gasteiger partial charge in [-0.3, -0.25) is 4.79 Å². The van der Waals surface area contributed by atoms with E-state index in [1.165, 1.54) is 6.92 Å². The first-order valence-corrected chi connectivity index (χ1v) is 12.9. The average molecular weight is 478 g/mol. The van der Waals surface area contributed by atoms with Crippen LogP contribution < -0.4 is 21.3 Å². The smallest absolute Gasteiger partial charge is 0.360 e. The van der Waals surface area contributed by atoms with Gasteiger partial charge < -0.3 is 20.9 Å². The summed E-state index contributed by atoms with van der Waals surface area (Å²) in [5, 5.41) is 10.7. The van der Waals surface area contributed by atoms with Gasteiger partial charge in [-0.25, -0.2) is 9.97 Å². The van der Waals surface area contributed by atoms with Crippen molar-refractivity contribution in [3.8, 4) is 11.3 Å². The summed E-state index contributed by atoms with van der Waals surface area (Å²) in [6, 6.07) is 3.51. The lowest BCUT2D eigenvalue weighted by atomic mass is 10.1. The molecule has 1 saturated heterocycles. The van der Waals surface area contributed by atoms with E-state index in [0.29, 0.717) is 28.7 Å². The monoisotopic (exact) mass is 478 g/mol. The number of carbonyl (C=O) groups is 1. The second-order valence-electron chi connectivity index (χ2n) is 8.30. The minimum atomic E-state index is -4.61. The van der Waals surface area contributed by atoms with Gasteiger partial charge in [-0.15, -0.1) is 0 Å². The lowest BCUT2D eigenvalue weighted by molar-refractivity contribution is -0.137. The summed E-state index contributed by atoms with van der Waals surface area (Å²) in [4.78, 5) is 23.1. The van der Waals surface area contributed by atoms with E-state index >= 15 is 0 Å². The summed E-state index contributed by atoms with van der Waals surface area (Å²) < 4.78 is 41.6. The van der Waals surface area contributed by atoms with E-state index in [1.54, 1.807) is 18.3 Å². The topological polar surface area (TPSA) is 94.7 Å². The van der Waals surface area contributed by atoms with Crippen LogP contribution in [0.2, 0.25) is 0 Å². The van der Waals surface area contributed by atoms with Gasteiger partial charge in [0.15, 0.2) is 0 Å². The Morgan fingerprint density at radius 1 is 1.27 bits per heavy atom. The lowest BCUT2D eigenvalue weighted by Gasteiger charge is -2.24. The molecule has 3 heterocycles. The number of benzene rings is 1. The van der Waals surface area contributed by atoms with Crippen LogP contribution in [0, 0.1) is 0 Å². The van der Waals surface area contributed by atoms with Gasteiger partial charge >= 0.3 is 6.18 Å². The molecule has 0 bridgehead atoms. The molecule has 33 heavy (non-hydrogen) atoms. The van der Waals surface area contributed by atoms with E-state index in [1.807, 2.05) is 13.3 Å². The first-order valence-electron chi connectivity index (χ1n) is 10.7. The highest BCUT2D eigenvalue weighted by atomic mass is 31.1. The average Bonchev–Trinajstić information content (AvgIpc) is 3.16. The molecule has 4 N–H and O–H groups in total. The first-order chi connectivity index (χ1) is 15.6. The second-order valence-corrected chi connectivity index (χ2v) is 10.5. The van der Waals surface area contributed by atoms with Crippen molar-refractivity contribution in [2.45, 2.75) is 32.0 Å². The highest BCUT2D eigenvalue weighted by Crippen LogP contribution is 2.41. The summed E-state index contributed by atoms with van der Waals surface area (Å²) in [6.45, 7) is 7.12. The molecule has 1 fully saturated rings. The Morgan fingerprint density at radius 2 is 2.06 bits per heavy atom. The highest BCUT2D eigenvalue weighted by Gasteiger charge is 2.36. The maximum absolute atomic E-state index is 13.9. The number of alkyl halides is 3. The summed E-state index contributed by atoms with van der Waals surface area (Å²) in [6.07, 6.45) is -0.340. The summed E-state index contributed by atoms with van der Waals surface area (Å²) in [5.41, 5.74) is 0.635. The number of nitrogens with one attached hydrogen (secondary N) is 4. The van der Waals surface area contributed by atoms with Crippen molar-refractivity contribution < 1.29 is 18.0 Å². The Bertz CT molecular complexity index is 1170. The number of fused-ring (bicyclic) bond motifs is 1. The van der Waals surface area contributed by atoms with Crippen LogP contribution in [0.25, 0.3) is 22.2 Å². The molecule has 1 aromatic carbocycles. The molecule has 1 unspecified atom stereocenters. The predicted molar refractivity (Wildman–Crippen MR) is 127 cm³/mol. The number of piperidine rings is 1. The molecule has 0 radical (unpaired) electrons. The van der Waals surface area contributed by atoms with E-state index in [9.17, 15) is 18.0 Å². The Labute approximate surface area is 190 Å². The van der Waals surface area contributed by atoms with Crippen LogP contribution >= 0.6 is 7.92 Å². The number of amides is 1. The maximum Gasteiger partial charge on any atom is 0.419 e. The number of anilines is 2. The van der Waals surface area contributed by atoms with E-state index < -0.39 is 19.7 Å². The van der Waals surface area contributed by atoms with E-state index in [0.717, 1.165) is 30.9 Å². The maximum atomic E-state index is 13.9. The number of hydrogen-bond acceptors (Lipinski definition) is 5. The van der Waals surface area contributed by atoms with Gasteiger partial charge in [0.1, 0.15) is 5.56 Å². The van der Waals surface area contributed by atoms with E-state index in [-0.39, 0.29) is 23.6 Å². The summed E-state index contributed by atoms with van der Waals surface area (Å²) >= 11 is 0. The first kappa shape index (κ1) is 23.4. The molecule has 0 aliphatic carbocycles. The molecule has 176 valence electrons. The molecule has 1 amide bonds. The number of aromatic nitrogens is 3. The van der Waals surface area contributed by atoms with Gasteiger partial charge in [-0.2, -0.15) is 13.2 Å². The molecule has 0 spiro atoms. The van der Waals surface area contributed by atoms with Crippen molar-refractivity contribution in [2.75, 3.05) is 37.1 Å². The molecule has 0 saturated carbocycles. The number of halogens is 3. The zero-order chi connectivity index (χ0) is 23.8. The minimum Gasteiger partial charge on any atom is -0.360 e. The quantitative estimate of drug-likeness (QED) is 0.414. The Kier molecular flexibility index (Phi) is 6.59. The Morgan fingerprint density at radius 3 is 2.70 bits per heavy atom. The molecule has 11 heteroatoms. The van der Waals surface area contributed by atoms with Gasteiger partial charge in [-0.1, -0.05) is 14.0 Å². The van der Waals surface area contributed by atoms with Crippen LogP contribution in [-0.4, -0.2) is 53.3 Å². The van der Waals surface area contributed by atoms with Crippen LogP contribution in [0.4, 0.5) is 24.8 Å². The van der Waals surface area contributed by atoms with E-state index in [4.69, 9.17) is 0 Å². The van der Waals surface area contributed by atoms with Crippen molar-refractivity contribution in [2.24, 2.45) is 0 Å².